The van der Waals surface area contributed by atoms with Gasteiger partial charge in [0, 0.05) is 38.5 Å². The normalized spacial score (nSPS) is 12.2. The zero-order valence-corrected chi connectivity index (χ0v) is 24.1. The number of nitrogens with one attached hydrogen (secondary N) is 1. The lowest BCUT2D eigenvalue weighted by atomic mass is 10.1. The molecule has 1 aliphatic heterocycles. The lowest BCUT2D eigenvalue weighted by Crippen LogP contribution is -2.35. The van der Waals surface area contributed by atoms with Crippen molar-refractivity contribution in [1.29, 1.82) is 5.26 Å². The molecule has 212 valence electrons. The molecule has 1 saturated heterocycles. The van der Waals surface area contributed by atoms with Gasteiger partial charge in [-0.2, -0.15) is 5.26 Å². The molecule has 0 radical (unpaired) electrons. The average Bonchev–Trinajstić information content (AvgIpc) is 3.34. The molecule has 0 unspecified atom stereocenters. The summed E-state index contributed by atoms with van der Waals surface area (Å²) in [6.45, 7) is 15.9. The first kappa shape index (κ1) is 31.9. The van der Waals surface area contributed by atoms with Gasteiger partial charge < -0.3 is 9.64 Å². The number of likely N-dealkylation sites (tertiary alicyclic amines) is 1. The van der Waals surface area contributed by atoms with Crippen LogP contribution in [0.3, 0.4) is 0 Å². The summed E-state index contributed by atoms with van der Waals surface area (Å²) in [6, 6.07) is 10.2. The van der Waals surface area contributed by atoms with E-state index in [0.29, 0.717) is 47.0 Å². The summed E-state index contributed by atoms with van der Waals surface area (Å²) in [4.78, 5) is 36.3. The first-order valence-corrected chi connectivity index (χ1v) is 13.5. The number of carbonyl (C=O) groups is 2. The van der Waals surface area contributed by atoms with Gasteiger partial charge in [0.1, 0.15) is 5.52 Å². The number of anilines is 1. The Morgan fingerprint density at radius 3 is 2.42 bits per heavy atom. The highest BCUT2D eigenvalue weighted by atomic mass is 16.5. The Balaban J connectivity index is 0.000000482. The Hall–Kier alpha value is -4.29. The third kappa shape index (κ3) is 9.17. The number of nitrogens with zero attached hydrogens (tertiary/aromatic N) is 5. The van der Waals surface area contributed by atoms with E-state index in [1.807, 2.05) is 24.8 Å². The number of fused-ring (bicyclic) bond motifs is 1. The zero-order valence-electron chi connectivity index (χ0n) is 24.1. The van der Waals surface area contributed by atoms with E-state index in [2.05, 4.69) is 40.1 Å². The van der Waals surface area contributed by atoms with Crippen molar-refractivity contribution in [3.63, 3.8) is 0 Å². The van der Waals surface area contributed by atoms with Crippen LogP contribution in [0.25, 0.3) is 11.2 Å². The monoisotopic (exact) mass is 544 g/mol. The first-order valence-electron chi connectivity index (χ1n) is 13.5. The fourth-order valence-electron chi connectivity index (χ4n) is 3.82. The standard InChI is InChI=1S/C22H22N6O2.C5H10.C4H8O/c1-2-28-19-18(12-17(14-24-19)21(30)27-9-4-3-5-10-27)25-22(28)26-20(29)16-8-6-7-15(11-16)13-23;1-4-5(2)3;1-3-4-5-2/h6-8,11-12,14H,2-5,9-10H2,1H3,(H,25,26,29);2,4H2,1,3H3;3H,1,4H2,2H3. The second kappa shape index (κ2) is 16.6. The number of rotatable bonds is 7. The lowest BCUT2D eigenvalue weighted by Gasteiger charge is -2.26. The van der Waals surface area contributed by atoms with E-state index < -0.39 is 0 Å². The average molecular weight is 545 g/mol. The molecule has 3 aromatic rings. The van der Waals surface area contributed by atoms with Gasteiger partial charge in [0.05, 0.1) is 23.8 Å². The minimum absolute atomic E-state index is 0.0333. The van der Waals surface area contributed by atoms with Crippen molar-refractivity contribution in [2.24, 2.45) is 0 Å². The van der Waals surface area contributed by atoms with Crippen molar-refractivity contribution < 1.29 is 14.3 Å². The van der Waals surface area contributed by atoms with E-state index in [-0.39, 0.29) is 11.8 Å². The van der Waals surface area contributed by atoms with Gasteiger partial charge in [-0.3, -0.25) is 19.5 Å². The number of pyridine rings is 1. The number of methoxy groups -OCH3 is 1. The lowest BCUT2D eigenvalue weighted by molar-refractivity contribution is 0.0724. The van der Waals surface area contributed by atoms with Crippen LogP contribution < -0.4 is 5.32 Å². The number of hydrogen-bond donors (Lipinski definition) is 1. The summed E-state index contributed by atoms with van der Waals surface area (Å²) in [7, 11) is 1.64. The van der Waals surface area contributed by atoms with Gasteiger partial charge in [-0.15, -0.1) is 13.2 Å². The minimum atomic E-state index is -0.360. The van der Waals surface area contributed by atoms with Gasteiger partial charge in [0.25, 0.3) is 11.8 Å². The van der Waals surface area contributed by atoms with E-state index in [4.69, 9.17) is 5.26 Å². The Morgan fingerprint density at radius 1 is 1.18 bits per heavy atom. The van der Waals surface area contributed by atoms with Gasteiger partial charge in [-0.25, -0.2) is 9.97 Å². The molecule has 2 amide bonds. The molecular formula is C31H40N6O3. The quantitative estimate of drug-likeness (QED) is 0.366. The van der Waals surface area contributed by atoms with Crippen molar-refractivity contribution in [2.45, 2.75) is 53.0 Å². The number of benzene rings is 1. The summed E-state index contributed by atoms with van der Waals surface area (Å²) in [5.74, 6) is -0.0364. The number of piperidine rings is 1. The number of nitriles is 1. The summed E-state index contributed by atoms with van der Waals surface area (Å²) < 4.78 is 6.36. The molecule has 9 heteroatoms. The number of hydrogen-bond acceptors (Lipinski definition) is 6. The van der Waals surface area contributed by atoms with Gasteiger partial charge in [0.2, 0.25) is 5.95 Å². The Labute approximate surface area is 237 Å². The molecule has 1 aliphatic rings. The Kier molecular flexibility index (Phi) is 13.3. The second-order valence-corrected chi connectivity index (χ2v) is 9.30. The van der Waals surface area contributed by atoms with Crippen LogP contribution in [0.1, 0.15) is 72.7 Å². The minimum Gasteiger partial charge on any atom is -0.381 e. The fraction of sp³-hybridized carbons (Fsp3) is 0.387. The van der Waals surface area contributed by atoms with Crippen molar-refractivity contribution >= 4 is 28.9 Å². The molecule has 1 N–H and O–H groups in total. The summed E-state index contributed by atoms with van der Waals surface area (Å²) in [6.07, 6.45) is 7.60. The van der Waals surface area contributed by atoms with Crippen LogP contribution in [0, 0.1) is 11.3 Å². The maximum atomic E-state index is 12.8. The molecule has 1 aromatic carbocycles. The second-order valence-electron chi connectivity index (χ2n) is 9.30. The SMILES string of the molecule is C=C(C)CC.C=CCOC.CCn1c(NC(=O)c2cccc(C#N)c2)nc2cc(C(=O)N3CCCCC3)cnc21. The summed E-state index contributed by atoms with van der Waals surface area (Å²) in [5.41, 5.74) is 3.70. The van der Waals surface area contributed by atoms with Crippen LogP contribution in [0.15, 0.2) is 61.3 Å². The molecule has 0 aliphatic carbocycles. The van der Waals surface area contributed by atoms with Gasteiger partial charge >= 0.3 is 0 Å². The van der Waals surface area contributed by atoms with E-state index in [1.165, 1.54) is 11.6 Å². The van der Waals surface area contributed by atoms with Gasteiger partial charge in [0.15, 0.2) is 5.65 Å². The molecule has 0 atom stereocenters. The van der Waals surface area contributed by atoms with Crippen LogP contribution in [0.2, 0.25) is 0 Å². The third-order valence-corrected chi connectivity index (χ3v) is 6.16. The first-order chi connectivity index (χ1) is 19.3. The number of amides is 2. The molecule has 1 fully saturated rings. The molecule has 2 aromatic heterocycles. The number of carbonyl (C=O) groups excluding carboxylic acids is 2. The predicted octanol–water partition coefficient (Wildman–Crippen LogP) is 5.99. The zero-order chi connectivity index (χ0) is 29.5. The molecular weight excluding hydrogens is 504 g/mol. The van der Waals surface area contributed by atoms with E-state index >= 15 is 0 Å². The van der Waals surface area contributed by atoms with Crippen molar-refractivity contribution in [3.05, 3.63) is 78.0 Å². The van der Waals surface area contributed by atoms with Crippen molar-refractivity contribution in [3.8, 4) is 6.07 Å². The molecule has 0 bridgehead atoms. The molecule has 0 saturated carbocycles. The highest BCUT2D eigenvalue weighted by Gasteiger charge is 2.21. The maximum Gasteiger partial charge on any atom is 0.258 e. The summed E-state index contributed by atoms with van der Waals surface area (Å²) >= 11 is 0. The molecule has 0 spiro atoms. The maximum absolute atomic E-state index is 12.8. The number of aromatic nitrogens is 3. The van der Waals surface area contributed by atoms with Crippen LogP contribution >= 0.6 is 0 Å². The van der Waals surface area contributed by atoms with Gasteiger partial charge in [-0.1, -0.05) is 24.6 Å². The van der Waals surface area contributed by atoms with Crippen LogP contribution in [0.5, 0.6) is 0 Å². The molecule has 3 heterocycles. The van der Waals surface area contributed by atoms with Crippen LogP contribution in [-0.2, 0) is 11.3 Å². The molecule has 40 heavy (non-hydrogen) atoms. The topological polar surface area (TPSA) is 113 Å². The van der Waals surface area contributed by atoms with Crippen molar-refractivity contribution in [1.82, 2.24) is 19.4 Å². The van der Waals surface area contributed by atoms with E-state index in [1.54, 1.807) is 48.2 Å². The van der Waals surface area contributed by atoms with Crippen molar-refractivity contribution in [2.75, 3.05) is 32.1 Å². The number of allylic oxidation sites excluding steroid dienone is 1. The van der Waals surface area contributed by atoms with Gasteiger partial charge in [-0.05, 0) is 63.8 Å². The summed E-state index contributed by atoms with van der Waals surface area (Å²) in [5, 5.41) is 11.8. The number of imidazole rings is 1. The van der Waals surface area contributed by atoms with E-state index in [9.17, 15) is 9.59 Å². The molecule has 9 nitrogen and oxygen atoms in total. The highest BCUT2D eigenvalue weighted by molar-refractivity contribution is 6.04. The Morgan fingerprint density at radius 2 is 1.88 bits per heavy atom. The predicted molar refractivity (Wildman–Crippen MR) is 159 cm³/mol. The Bertz CT molecular complexity index is 1350. The largest absolute Gasteiger partial charge is 0.381 e. The number of aryl methyl sites for hydroxylation is 1. The molecule has 4 rings (SSSR count). The fourth-order valence-corrected chi connectivity index (χ4v) is 3.82. The van der Waals surface area contributed by atoms with E-state index in [0.717, 1.165) is 38.8 Å². The van der Waals surface area contributed by atoms with Crippen LogP contribution in [-0.4, -0.2) is 58.1 Å². The van der Waals surface area contributed by atoms with Crippen LogP contribution in [0.4, 0.5) is 5.95 Å². The number of ether oxygens (including phenoxy) is 1. The highest BCUT2D eigenvalue weighted by Crippen LogP contribution is 2.21. The smallest absolute Gasteiger partial charge is 0.258 e. The third-order valence-electron chi connectivity index (χ3n) is 6.16.